The molecular weight excluding hydrogens is 278 g/mol. The van der Waals surface area contributed by atoms with Crippen molar-refractivity contribution in [2.75, 3.05) is 25.1 Å². The van der Waals surface area contributed by atoms with Crippen LogP contribution in [0, 0.1) is 5.92 Å². The zero-order chi connectivity index (χ0) is 15.8. The van der Waals surface area contributed by atoms with E-state index >= 15 is 0 Å². The quantitative estimate of drug-likeness (QED) is 0.418. The normalized spacial score (nSPS) is 15.1. The molecule has 122 valence electrons. The largest absolute Gasteiger partial charge is 0.491 e. The van der Waals surface area contributed by atoms with E-state index in [1.165, 1.54) is 12.8 Å². The Hall–Kier alpha value is -1.75. The molecule has 5 nitrogen and oxygen atoms in total. The van der Waals surface area contributed by atoms with Gasteiger partial charge >= 0.3 is 0 Å². The molecule has 0 radical (unpaired) electrons. The Labute approximate surface area is 132 Å². The van der Waals surface area contributed by atoms with Gasteiger partial charge in [0.25, 0.3) is 0 Å². The van der Waals surface area contributed by atoms with Crippen molar-refractivity contribution in [1.29, 1.82) is 0 Å². The number of hydrogen-bond acceptors (Lipinski definition) is 3. The van der Waals surface area contributed by atoms with Crippen molar-refractivity contribution in [3.63, 3.8) is 0 Å². The fourth-order valence-electron chi connectivity index (χ4n) is 1.98. The van der Waals surface area contributed by atoms with Crippen LogP contribution in [-0.2, 0) is 4.74 Å². The third-order valence-corrected chi connectivity index (χ3v) is 3.28. The fraction of sp³-hybridized carbons (Fsp3) is 0.588. The minimum absolute atomic E-state index is 0.174. The van der Waals surface area contributed by atoms with Crippen LogP contribution in [0.4, 0.5) is 5.69 Å². The van der Waals surface area contributed by atoms with E-state index in [0.29, 0.717) is 12.5 Å². The molecule has 0 bridgehead atoms. The summed E-state index contributed by atoms with van der Waals surface area (Å²) in [6.07, 6.45) is 3.73. The summed E-state index contributed by atoms with van der Waals surface area (Å²) in [5.41, 5.74) is 6.77. The van der Waals surface area contributed by atoms with Crippen molar-refractivity contribution < 1.29 is 9.47 Å². The van der Waals surface area contributed by atoms with Gasteiger partial charge in [-0.1, -0.05) is 0 Å². The van der Waals surface area contributed by atoms with Crippen LogP contribution >= 0.6 is 0 Å². The molecule has 1 aromatic carbocycles. The third-order valence-electron chi connectivity index (χ3n) is 3.28. The number of ether oxygens (including phenoxy) is 2. The van der Waals surface area contributed by atoms with Gasteiger partial charge in [-0.05, 0) is 63.3 Å². The topological polar surface area (TPSA) is 68.9 Å². The summed E-state index contributed by atoms with van der Waals surface area (Å²) in [4.78, 5) is 4.29. The molecule has 0 atom stereocenters. The van der Waals surface area contributed by atoms with Gasteiger partial charge in [-0.3, -0.25) is 4.99 Å². The lowest BCUT2D eigenvalue weighted by atomic mass is 10.3. The van der Waals surface area contributed by atoms with Crippen LogP contribution in [0.5, 0.6) is 5.75 Å². The Kier molecular flexibility index (Phi) is 6.52. The second-order valence-corrected chi connectivity index (χ2v) is 5.95. The SMILES string of the molecule is CC(C)Oc1ccc(NC(N)=NCCCOCC2CC2)cc1. The van der Waals surface area contributed by atoms with E-state index in [9.17, 15) is 0 Å². The molecule has 2 rings (SSSR count). The fourth-order valence-corrected chi connectivity index (χ4v) is 1.98. The molecule has 0 heterocycles. The van der Waals surface area contributed by atoms with Crippen LogP contribution in [-0.4, -0.2) is 31.8 Å². The smallest absolute Gasteiger partial charge is 0.193 e. The molecule has 0 saturated heterocycles. The summed E-state index contributed by atoms with van der Waals surface area (Å²) in [6.45, 7) is 6.35. The minimum Gasteiger partial charge on any atom is -0.491 e. The number of benzene rings is 1. The average molecular weight is 305 g/mol. The highest BCUT2D eigenvalue weighted by atomic mass is 16.5. The molecular formula is C17H27N3O2. The van der Waals surface area contributed by atoms with E-state index in [-0.39, 0.29) is 6.10 Å². The highest BCUT2D eigenvalue weighted by Gasteiger charge is 2.20. The summed E-state index contributed by atoms with van der Waals surface area (Å²) in [7, 11) is 0. The molecule has 1 fully saturated rings. The van der Waals surface area contributed by atoms with Gasteiger partial charge in [-0.2, -0.15) is 0 Å². The monoisotopic (exact) mass is 305 g/mol. The van der Waals surface area contributed by atoms with Crippen LogP contribution in [0.3, 0.4) is 0 Å². The highest BCUT2D eigenvalue weighted by molar-refractivity contribution is 5.92. The summed E-state index contributed by atoms with van der Waals surface area (Å²) in [5, 5.41) is 3.07. The van der Waals surface area contributed by atoms with Crippen molar-refractivity contribution in [1.82, 2.24) is 0 Å². The van der Waals surface area contributed by atoms with E-state index < -0.39 is 0 Å². The van der Waals surface area contributed by atoms with Crippen molar-refractivity contribution in [3.05, 3.63) is 24.3 Å². The maximum absolute atomic E-state index is 5.86. The summed E-state index contributed by atoms with van der Waals surface area (Å²) < 4.78 is 11.2. The Morgan fingerprint density at radius 2 is 2.05 bits per heavy atom. The van der Waals surface area contributed by atoms with E-state index in [2.05, 4.69) is 10.3 Å². The first-order valence-electron chi connectivity index (χ1n) is 8.05. The molecule has 1 saturated carbocycles. The summed E-state index contributed by atoms with van der Waals surface area (Å²) in [6, 6.07) is 7.69. The van der Waals surface area contributed by atoms with Gasteiger partial charge < -0.3 is 20.5 Å². The van der Waals surface area contributed by atoms with Crippen molar-refractivity contribution in [2.45, 2.75) is 39.2 Å². The first-order chi connectivity index (χ1) is 10.6. The lowest BCUT2D eigenvalue weighted by Gasteiger charge is -2.11. The molecule has 0 unspecified atom stereocenters. The number of anilines is 1. The molecule has 0 aromatic heterocycles. The molecule has 0 spiro atoms. The molecule has 1 aliphatic carbocycles. The van der Waals surface area contributed by atoms with E-state index in [1.54, 1.807) is 0 Å². The van der Waals surface area contributed by atoms with Gasteiger partial charge in [0.15, 0.2) is 5.96 Å². The molecule has 1 aromatic rings. The predicted molar refractivity (Wildman–Crippen MR) is 90.5 cm³/mol. The van der Waals surface area contributed by atoms with Crippen LogP contribution < -0.4 is 15.8 Å². The van der Waals surface area contributed by atoms with E-state index in [0.717, 1.165) is 37.0 Å². The lowest BCUT2D eigenvalue weighted by molar-refractivity contribution is 0.123. The van der Waals surface area contributed by atoms with Gasteiger partial charge in [0, 0.05) is 25.4 Å². The number of nitrogens with one attached hydrogen (secondary N) is 1. The molecule has 5 heteroatoms. The second kappa shape index (κ2) is 8.63. The van der Waals surface area contributed by atoms with Gasteiger partial charge in [0.05, 0.1) is 6.10 Å². The van der Waals surface area contributed by atoms with E-state index in [1.807, 2.05) is 38.1 Å². The number of aliphatic imine (C=N–C) groups is 1. The Bertz CT molecular complexity index is 467. The zero-order valence-electron chi connectivity index (χ0n) is 13.5. The Balaban J connectivity index is 1.64. The standard InChI is InChI=1S/C17H27N3O2/c1-13(2)22-16-8-6-15(7-9-16)20-17(18)19-10-3-11-21-12-14-4-5-14/h6-9,13-14H,3-5,10-12H2,1-2H3,(H3,18,19,20). The van der Waals surface area contributed by atoms with E-state index in [4.69, 9.17) is 15.2 Å². The van der Waals surface area contributed by atoms with Crippen molar-refractivity contribution in [2.24, 2.45) is 16.6 Å². The van der Waals surface area contributed by atoms with Crippen LogP contribution in [0.1, 0.15) is 33.1 Å². The van der Waals surface area contributed by atoms with Gasteiger partial charge in [-0.15, -0.1) is 0 Å². The van der Waals surface area contributed by atoms with Crippen LogP contribution in [0.2, 0.25) is 0 Å². The number of guanidine groups is 1. The summed E-state index contributed by atoms with van der Waals surface area (Å²) in [5.74, 6) is 2.10. The first kappa shape index (κ1) is 16.6. The van der Waals surface area contributed by atoms with Crippen LogP contribution in [0.15, 0.2) is 29.3 Å². The molecule has 22 heavy (non-hydrogen) atoms. The summed E-state index contributed by atoms with van der Waals surface area (Å²) >= 11 is 0. The number of rotatable bonds is 9. The van der Waals surface area contributed by atoms with Gasteiger partial charge in [-0.25, -0.2) is 0 Å². The predicted octanol–water partition coefficient (Wildman–Crippen LogP) is 3.02. The second-order valence-electron chi connectivity index (χ2n) is 5.95. The minimum atomic E-state index is 0.174. The molecule has 0 aliphatic heterocycles. The molecule has 3 N–H and O–H groups in total. The van der Waals surface area contributed by atoms with Crippen molar-refractivity contribution in [3.8, 4) is 5.75 Å². The Morgan fingerprint density at radius 3 is 2.68 bits per heavy atom. The Morgan fingerprint density at radius 1 is 1.32 bits per heavy atom. The average Bonchev–Trinajstić information content (AvgIpc) is 3.28. The lowest BCUT2D eigenvalue weighted by Crippen LogP contribution is -2.23. The number of nitrogens with zero attached hydrogens (tertiary/aromatic N) is 1. The number of hydrogen-bond donors (Lipinski definition) is 2. The van der Waals surface area contributed by atoms with Crippen LogP contribution in [0.25, 0.3) is 0 Å². The van der Waals surface area contributed by atoms with Gasteiger partial charge in [0.1, 0.15) is 5.75 Å². The maximum Gasteiger partial charge on any atom is 0.193 e. The first-order valence-corrected chi connectivity index (χ1v) is 8.05. The van der Waals surface area contributed by atoms with Crippen molar-refractivity contribution >= 4 is 11.6 Å². The van der Waals surface area contributed by atoms with Gasteiger partial charge in [0.2, 0.25) is 0 Å². The zero-order valence-corrected chi connectivity index (χ0v) is 13.5. The number of nitrogens with two attached hydrogens (primary N) is 1. The molecule has 0 amide bonds. The highest BCUT2D eigenvalue weighted by Crippen LogP contribution is 2.28. The maximum atomic E-state index is 5.86. The molecule has 1 aliphatic rings. The third kappa shape index (κ3) is 6.80.